The van der Waals surface area contributed by atoms with E-state index in [0.29, 0.717) is 19.4 Å². The molecule has 0 spiro atoms. The minimum atomic E-state index is -0.210. The predicted octanol–water partition coefficient (Wildman–Crippen LogP) is 1.66. The Morgan fingerprint density at radius 1 is 1.33 bits per heavy atom. The number of benzene rings is 1. The highest BCUT2D eigenvalue weighted by atomic mass is 16.5. The summed E-state index contributed by atoms with van der Waals surface area (Å²) >= 11 is 0. The van der Waals surface area contributed by atoms with Gasteiger partial charge in [0, 0.05) is 19.6 Å². The largest absolute Gasteiger partial charge is 0.469 e. The van der Waals surface area contributed by atoms with Gasteiger partial charge in [-0.2, -0.15) is 0 Å². The molecule has 1 aromatic carbocycles. The molecule has 1 aromatic rings. The van der Waals surface area contributed by atoms with Crippen molar-refractivity contribution in [2.45, 2.75) is 31.9 Å². The quantitative estimate of drug-likeness (QED) is 0.749. The highest BCUT2D eigenvalue weighted by Crippen LogP contribution is 2.10. The van der Waals surface area contributed by atoms with E-state index in [4.69, 9.17) is 10.5 Å². The first-order chi connectivity index (χ1) is 8.65. The van der Waals surface area contributed by atoms with E-state index < -0.39 is 0 Å². The van der Waals surface area contributed by atoms with Gasteiger partial charge in [0.1, 0.15) is 0 Å². The van der Waals surface area contributed by atoms with E-state index in [9.17, 15) is 4.79 Å². The SMILES string of the molecule is COCc1cccc(CC(N)CCC(=O)OC)c1. The second-order valence-electron chi connectivity index (χ2n) is 4.33. The van der Waals surface area contributed by atoms with Crippen LogP contribution in [-0.2, 0) is 27.3 Å². The molecule has 0 saturated carbocycles. The Morgan fingerprint density at radius 2 is 2.06 bits per heavy atom. The van der Waals surface area contributed by atoms with Gasteiger partial charge in [-0.05, 0) is 24.0 Å². The molecule has 1 atom stereocenters. The Labute approximate surface area is 108 Å². The smallest absolute Gasteiger partial charge is 0.305 e. The van der Waals surface area contributed by atoms with Crippen molar-refractivity contribution in [1.82, 2.24) is 0 Å². The molecule has 0 aliphatic heterocycles. The van der Waals surface area contributed by atoms with Crippen LogP contribution in [0.25, 0.3) is 0 Å². The van der Waals surface area contributed by atoms with Crippen LogP contribution in [0.15, 0.2) is 24.3 Å². The summed E-state index contributed by atoms with van der Waals surface area (Å²) in [4.78, 5) is 11.0. The van der Waals surface area contributed by atoms with Crippen molar-refractivity contribution in [3.05, 3.63) is 35.4 Å². The van der Waals surface area contributed by atoms with Crippen molar-refractivity contribution in [2.75, 3.05) is 14.2 Å². The zero-order valence-corrected chi connectivity index (χ0v) is 11.0. The maximum Gasteiger partial charge on any atom is 0.305 e. The first kappa shape index (κ1) is 14.7. The molecule has 100 valence electrons. The Kier molecular flexibility index (Phi) is 6.39. The van der Waals surface area contributed by atoms with E-state index >= 15 is 0 Å². The standard InChI is InChI=1S/C14H21NO3/c1-17-10-12-5-3-4-11(8-12)9-13(15)6-7-14(16)18-2/h3-5,8,13H,6-7,9-10,15H2,1-2H3. The van der Waals surface area contributed by atoms with Gasteiger partial charge in [0.25, 0.3) is 0 Å². The Morgan fingerprint density at radius 3 is 2.72 bits per heavy atom. The van der Waals surface area contributed by atoms with Gasteiger partial charge in [-0.1, -0.05) is 24.3 Å². The maximum atomic E-state index is 11.0. The molecule has 4 nitrogen and oxygen atoms in total. The summed E-state index contributed by atoms with van der Waals surface area (Å²) in [6, 6.07) is 8.12. The topological polar surface area (TPSA) is 61.5 Å². The van der Waals surface area contributed by atoms with Crippen LogP contribution in [0.2, 0.25) is 0 Å². The molecule has 0 amide bonds. The Hall–Kier alpha value is -1.39. The van der Waals surface area contributed by atoms with Crippen LogP contribution < -0.4 is 5.73 Å². The minimum absolute atomic E-state index is 0.0260. The van der Waals surface area contributed by atoms with E-state index in [2.05, 4.69) is 10.8 Å². The van der Waals surface area contributed by atoms with Gasteiger partial charge in [-0.15, -0.1) is 0 Å². The second-order valence-corrected chi connectivity index (χ2v) is 4.33. The summed E-state index contributed by atoms with van der Waals surface area (Å²) in [6.07, 6.45) is 1.77. The average molecular weight is 251 g/mol. The molecule has 0 fully saturated rings. The van der Waals surface area contributed by atoms with Gasteiger partial charge >= 0.3 is 5.97 Å². The van der Waals surface area contributed by atoms with Crippen LogP contribution in [0.5, 0.6) is 0 Å². The number of hydrogen-bond donors (Lipinski definition) is 1. The van der Waals surface area contributed by atoms with E-state index in [0.717, 1.165) is 12.0 Å². The predicted molar refractivity (Wildman–Crippen MR) is 70.1 cm³/mol. The molecule has 0 heterocycles. The lowest BCUT2D eigenvalue weighted by Gasteiger charge is -2.11. The Bertz CT molecular complexity index is 379. The summed E-state index contributed by atoms with van der Waals surface area (Å²) in [5.41, 5.74) is 8.30. The third-order valence-electron chi connectivity index (χ3n) is 2.75. The lowest BCUT2D eigenvalue weighted by molar-refractivity contribution is -0.140. The average Bonchev–Trinajstić information content (AvgIpc) is 2.37. The molecule has 0 aliphatic carbocycles. The number of esters is 1. The van der Waals surface area contributed by atoms with Crippen LogP contribution in [0.3, 0.4) is 0 Å². The van der Waals surface area contributed by atoms with Crippen LogP contribution >= 0.6 is 0 Å². The first-order valence-electron chi connectivity index (χ1n) is 6.05. The van der Waals surface area contributed by atoms with Crippen molar-refractivity contribution in [1.29, 1.82) is 0 Å². The molecule has 0 aromatic heterocycles. The zero-order valence-electron chi connectivity index (χ0n) is 11.0. The van der Waals surface area contributed by atoms with Gasteiger partial charge in [-0.25, -0.2) is 0 Å². The fourth-order valence-electron chi connectivity index (χ4n) is 1.82. The van der Waals surface area contributed by atoms with Crippen LogP contribution in [0.4, 0.5) is 0 Å². The fourth-order valence-corrected chi connectivity index (χ4v) is 1.82. The Balaban J connectivity index is 2.45. The first-order valence-corrected chi connectivity index (χ1v) is 6.05. The van der Waals surface area contributed by atoms with Gasteiger partial charge < -0.3 is 15.2 Å². The molecule has 0 radical (unpaired) electrons. The third-order valence-corrected chi connectivity index (χ3v) is 2.75. The number of carbonyl (C=O) groups excluding carboxylic acids is 1. The monoisotopic (exact) mass is 251 g/mol. The zero-order chi connectivity index (χ0) is 13.4. The molecule has 18 heavy (non-hydrogen) atoms. The number of ether oxygens (including phenoxy) is 2. The minimum Gasteiger partial charge on any atom is -0.469 e. The normalized spacial score (nSPS) is 12.2. The molecular formula is C14H21NO3. The van der Waals surface area contributed by atoms with Crippen molar-refractivity contribution >= 4 is 5.97 Å². The summed E-state index contributed by atoms with van der Waals surface area (Å²) < 4.78 is 9.68. The molecule has 0 aliphatic rings. The lowest BCUT2D eigenvalue weighted by atomic mass is 10.0. The molecule has 0 bridgehead atoms. The summed E-state index contributed by atoms with van der Waals surface area (Å²) in [7, 11) is 3.07. The van der Waals surface area contributed by atoms with Gasteiger partial charge in [0.15, 0.2) is 0 Å². The third kappa shape index (κ3) is 5.29. The van der Waals surface area contributed by atoms with E-state index in [1.807, 2.05) is 18.2 Å². The van der Waals surface area contributed by atoms with Crippen molar-refractivity contribution in [2.24, 2.45) is 5.73 Å². The molecule has 4 heteroatoms. The molecule has 0 saturated heterocycles. The van der Waals surface area contributed by atoms with Crippen LogP contribution in [0, 0.1) is 0 Å². The molecule has 2 N–H and O–H groups in total. The molecular weight excluding hydrogens is 230 g/mol. The lowest BCUT2D eigenvalue weighted by Crippen LogP contribution is -2.24. The van der Waals surface area contributed by atoms with Crippen LogP contribution in [0.1, 0.15) is 24.0 Å². The van der Waals surface area contributed by atoms with Crippen LogP contribution in [-0.4, -0.2) is 26.2 Å². The van der Waals surface area contributed by atoms with Crippen molar-refractivity contribution in [3.8, 4) is 0 Å². The number of rotatable bonds is 7. The van der Waals surface area contributed by atoms with E-state index in [-0.39, 0.29) is 12.0 Å². The summed E-state index contributed by atoms with van der Waals surface area (Å²) in [6.45, 7) is 0.602. The van der Waals surface area contributed by atoms with Crippen molar-refractivity contribution < 1.29 is 14.3 Å². The highest BCUT2D eigenvalue weighted by Gasteiger charge is 2.08. The summed E-state index contributed by atoms with van der Waals surface area (Å²) in [5, 5.41) is 0. The number of methoxy groups -OCH3 is 2. The van der Waals surface area contributed by atoms with Crippen molar-refractivity contribution in [3.63, 3.8) is 0 Å². The highest BCUT2D eigenvalue weighted by molar-refractivity contribution is 5.69. The van der Waals surface area contributed by atoms with Gasteiger partial charge in [-0.3, -0.25) is 4.79 Å². The van der Waals surface area contributed by atoms with E-state index in [1.165, 1.54) is 12.7 Å². The fraction of sp³-hybridized carbons (Fsp3) is 0.500. The van der Waals surface area contributed by atoms with E-state index in [1.54, 1.807) is 7.11 Å². The number of hydrogen-bond acceptors (Lipinski definition) is 4. The second kappa shape index (κ2) is 7.84. The number of carbonyl (C=O) groups is 1. The summed E-state index contributed by atoms with van der Waals surface area (Å²) in [5.74, 6) is -0.210. The van der Waals surface area contributed by atoms with Gasteiger partial charge in [0.05, 0.1) is 13.7 Å². The van der Waals surface area contributed by atoms with Gasteiger partial charge in [0.2, 0.25) is 0 Å². The maximum absolute atomic E-state index is 11.0. The molecule has 1 rings (SSSR count). The number of nitrogens with two attached hydrogens (primary N) is 1. The molecule has 1 unspecified atom stereocenters.